The summed E-state index contributed by atoms with van der Waals surface area (Å²) in [6.45, 7) is 9.56. The zero-order valence-corrected chi connectivity index (χ0v) is 19.0. The SMILES string of the molecule is CC1(C)CCC(C)(C)c2cc(-c3ccccc3Nc3ccc4ccccc4c3)ccc21. The van der Waals surface area contributed by atoms with Gasteiger partial charge in [0.15, 0.2) is 0 Å². The van der Waals surface area contributed by atoms with Crippen molar-refractivity contribution in [2.45, 2.75) is 51.4 Å². The van der Waals surface area contributed by atoms with Gasteiger partial charge in [-0.25, -0.2) is 0 Å². The maximum Gasteiger partial charge on any atom is 0.0463 e. The number of para-hydroxylation sites is 1. The summed E-state index contributed by atoms with van der Waals surface area (Å²) in [6, 6.07) is 30.9. The molecule has 0 radical (unpaired) electrons. The van der Waals surface area contributed by atoms with Gasteiger partial charge < -0.3 is 5.32 Å². The van der Waals surface area contributed by atoms with E-state index in [1.54, 1.807) is 0 Å². The molecule has 5 rings (SSSR count). The molecule has 0 saturated carbocycles. The minimum Gasteiger partial charge on any atom is -0.355 e. The summed E-state index contributed by atoms with van der Waals surface area (Å²) in [6.07, 6.45) is 2.47. The summed E-state index contributed by atoms with van der Waals surface area (Å²) in [7, 11) is 0. The Morgan fingerprint density at radius 3 is 2.10 bits per heavy atom. The summed E-state index contributed by atoms with van der Waals surface area (Å²) >= 11 is 0. The lowest BCUT2D eigenvalue weighted by Crippen LogP contribution is -2.33. The van der Waals surface area contributed by atoms with Gasteiger partial charge in [0, 0.05) is 16.9 Å². The van der Waals surface area contributed by atoms with Gasteiger partial charge in [-0.15, -0.1) is 0 Å². The summed E-state index contributed by atoms with van der Waals surface area (Å²) in [5.74, 6) is 0. The van der Waals surface area contributed by atoms with Gasteiger partial charge in [-0.05, 0) is 69.3 Å². The van der Waals surface area contributed by atoms with Gasteiger partial charge in [0.1, 0.15) is 0 Å². The summed E-state index contributed by atoms with van der Waals surface area (Å²) in [4.78, 5) is 0. The predicted octanol–water partition coefficient (Wildman–Crippen LogP) is 8.60. The van der Waals surface area contributed by atoms with Crippen LogP contribution in [0.3, 0.4) is 0 Å². The van der Waals surface area contributed by atoms with E-state index >= 15 is 0 Å². The molecule has 0 heterocycles. The van der Waals surface area contributed by atoms with Crippen molar-refractivity contribution < 1.29 is 0 Å². The molecule has 1 aliphatic carbocycles. The molecule has 0 aromatic heterocycles. The smallest absolute Gasteiger partial charge is 0.0463 e. The van der Waals surface area contributed by atoms with Crippen molar-refractivity contribution >= 4 is 22.1 Å². The van der Waals surface area contributed by atoms with Crippen LogP contribution in [0.2, 0.25) is 0 Å². The topological polar surface area (TPSA) is 12.0 Å². The first kappa shape index (κ1) is 19.9. The quantitative estimate of drug-likeness (QED) is 0.360. The molecule has 0 bridgehead atoms. The maximum absolute atomic E-state index is 3.68. The van der Waals surface area contributed by atoms with Crippen LogP contribution < -0.4 is 5.32 Å². The number of nitrogens with one attached hydrogen (secondary N) is 1. The van der Waals surface area contributed by atoms with Crippen molar-refractivity contribution in [2.75, 3.05) is 5.32 Å². The van der Waals surface area contributed by atoms with Crippen molar-refractivity contribution in [2.24, 2.45) is 0 Å². The Balaban J connectivity index is 1.56. The summed E-state index contributed by atoms with van der Waals surface area (Å²) in [5, 5.41) is 6.20. The zero-order valence-electron chi connectivity index (χ0n) is 19.0. The lowest BCUT2D eigenvalue weighted by atomic mass is 9.63. The van der Waals surface area contributed by atoms with Crippen LogP contribution >= 0.6 is 0 Å². The van der Waals surface area contributed by atoms with E-state index in [0.717, 1.165) is 11.4 Å². The number of anilines is 2. The Kier molecular flexibility index (Phi) is 4.66. The van der Waals surface area contributed by atoms with Gasteiger partial charge in [-0.3, -0.25) is 0 Å². The van der Waals surface area contributed by atoms with Crippen LogP contribution in [0.4, 0.5) is 11.4 Å². The minimum absolute atomic E-state index is 0.210. The normalized spacial score (nSPS) is 16.6. The Hall–Kier alpha value is -3.06. The molecule has 4 aromatic carbocycles. The molecule has 0 fully saturated rings. The molecule has 156 valence electrons. The van der Waals surface area contributed by atoms with Crippen LogP contribution in [0.25, 0.3) is 21.9 Å². The third-order valence-corrected chi connectivity index (χ3v) is 7.12. The van der Waals surface area contributed by atoms with E-state index in [1.807, 2.05) is 0 Å². The van der Waals surface area contributed by atoms with Crippen LogP contribution in [0.15, 0.2) is 84.9 Å². The van der Waals surface area contributed by atoms with Gasteiger partial charge in [-0.1, -0.05) is 94.4 Å². The molecule has 0 spiro atoms. The van der Waals surface area contributed by atoms with E-state index in [4.69, 9.17) is 0 Å². The van der Waals surface area contributed by atoms with Gasteiger partial charge in [0.2, 0.25) is 0 Å². The Morgan fingerprint density at radius 1 is 0.613 bits per heavy atom. The molecule has 1 N–H and O–H groups in total. The second-order valence-electron chi connectivity index (χ2n) is 10.3. The average molecular weight is 406 g/mol. The van der Waals surface area contributed by atoms with E-state index in [2.05, 4.69) is 118 Å². The number of benzene rings is 4. The second kappa shape index (κ2) is 7.27. The van der Waals surface area contributed by atoms with Crippen molar-refractivity contribution in [1.82, 2.24) is 0 Å². The Morgan fingerprint density at radius 2 is 1.29 bits per heavy atom. The molecule has 1 nitrogen and oxygen atoms in total. The van der Waals surface area contributed by atoms with Crippen molar-refractivity contribution in [3.63, 3.8) is 0 Å². The van der Waals surface area contributed by atoms with Gasteiger partial charge >= 0.3 is 0 Å². The maximum atomic E-state index is 3.68. The molecule has 4 aromatic rings. The number of rotatable bonds is 3. The van der Waals surface area contributed by atoms with Crippen molar-refractivity contribution in [1.29, 1.82) is 0 Å². The van der Waals surface area contributed by atoms with E-state index in [-0.39, 0.29) is 10.8 Å². The highest BCUT2D eigenvalue weighted by Crippen LogP contribution is 2.47. The van der Waals surface area contributed by atoms with E-state index in [1.165, 1.54) is 45.9 Å². The molecule has 0 amide bonds. The van der Waals surface area contributed by atoms with Crippen LogP contribution in [0.1, 0.15) is 51.7 Å². The zero-order chi connectivity index (χ0) is 21.6. The first-order chi connectivity index (χ1) is 14.8. The fourth-order valence-corrected chi connectivity index (χ4v) is 5.02. The average Bonchev–Trinajstić information content (AvgIpc) is 2.77. The Labute approximate surface area is 186 Å². The van der Waals surface area contributed by atoms with E-state index < -0.39 is 0 Å². The largest absolute Gasteiger partial charge is 0.355 e. The molecular weight excluding hydrogens is 374 g/mol. The monoisotopic (exact) mass is 405 g/mol. The van der Waals surface area contributed by atoms with Gasteiger partial charge in [0.25, 0.3) is 0 Å². The molecule has 0 saturated heterocycles. The fourth-order valence-electron chi connectivity index (χ4n) is 5.02. The molecule has 0 unspecified atom stereocenters. The number of fused-ring (bicyclic) bond motifs is 2. The highest BCUT2D eigenvalue weighted by atomic mass is 14.9. The molecule has 1 heteroatoms. The van der Waals surface area contributed by atoms with Crippen LogP contribution in [0.5, 0.6) is 0 Å². The first-order valence-corrected chi connectivity index (χ1v) is 11.3. The second-order valence-corrected chi connectivity index (χ2v) is 10.3. The number of hydrogen-bond donors (Lipinski definition) is 1. The van der Waals surface area contributed by atoms with Crippen molar-refractivity contribution in [3.8, 4) is 11.1 Å². The Bertz CT molecular complexity index is 1260. The predicted molar refractivity (Wildman–Crippen MR) is 134 cm³/mol. The van der Waals surface area contributed by atoms with Gasteiger partial charge in [-0.2, -0.15) is 0 Å². The molecule has 1 aliphatic rings. The lowest BCUT2D eigenvalue weighted by molar-refractivity contribution is 0.332. The highest BCUT2D eigenvalue weighted by molar-refractivity contribution is 5.88. The third-order valence-electron chi connectivity index (χ3n) is 7.12. The summed E-state index contributed by atoms with van der Waals surface area (Å²) < 4.78 is 0. The molecular formula is C30H31N. The first-order valence-electron chi connectivity index (χ1n) is 11.3. The molecule has 0 atom stereocenters. The number of hydrogen-bond acceptors (Lipinski definition) is 1. The van der Waals surface area contributed by atoms with E-state index in [0.29, 0.717) is 0 Å². The van der Waals surface area contributed by atoms with Crippen LogP contribution in [-0.2, 0) is 10.8 Å². The molecule has 0 aliphatic heterocycles. The standard InChI is InChI=1S/C30H31N/c1-29(2)17-18-30(3,4)27-20-23(14-16-26(27)29)25-11-7-8-12-28(25)31-24-15-13-21-9-5-6-10-22(21)19-24/h5-16,19-20,31H,17-18H2,1-4H3. The minimum atomic E-state index is 0.210. The lowest BCUT2D eigenvalue weighted by Gasteiger charge is -2.42. The molecule has 31 heavy (non-hydrogen) atoms. The third kappa shape index (κ3) is 3.63. The van der Waals surface area contributed by atoms with Crippen LogP contribution in [-0.4, -0.2) is 0 Å². The highest BCUT2D eigenvalue weighted by Gasteiger charge is 2.37. The van der Waals surface area contributed by atoms with Gasteiger partial charge in [0.05, 0.1) is 0 Å². The van der Waals surface area contributed by atoms with E-state index in [9.17, 15) is 0 Å². The fraction of sp³-hybridized carbons (Fsp3) is 0.267. The van der Waals surface area contributed by atoms with Crippen LogP contribution in [0, 0.1) is 0 Å². The van der Waals surface area contributed by atoms with Crippen molar-refractivity contribution in [3.05, 3.63) is 96.1 Å². The summed E-state index contributed by atoms with van der Waals surface area (Å²) in [5.41, 5.74) is 8.25.